The number of rotatable bonds is 7. The Labute approximate surface area is 219 Å². The molecular weight excluding hydrogens is 466 g/mol. The molecule has 3 fully saturated rings. The van der Waals surface area contributed by atoms with Crippen LogP contribution in [0.25, 0.3) is 0 Å². The minimum absolute atomic E-state index is 0.0391. The zero-order valence-electron chi connectivity index (χ0n) is 22.2. The van der Waals surface area contributed by atoms with Gasteiger partial charge in [0.25, 0.3) is 5.91 Å². The number of nitrogens with two attached hydrogens (primary N) is 1. The topological polar surface area (TPSA) is 108 Å². The Bertz CT molecular complexity index is 1100. The minimum Gasteiger partial charge on any atom is -0.350 e. The second kappa shape index (κ2) is 10.8. The number of likely N-dealkylation sites (tertiary alicyclic amines) is 3. The summed E-state index contributed by atoms with van der Waals surface area (Å²) < 4.78 is 0. The SMILES string of the molecule is CC(=O)N1CCC(Nc2nc(C)c(C(=O)N3CC4CN(CC[C@H](N)c5ccccc5)CC4C3)c(C)n2)C1. The first kappa shape index (κ1) is 25.6. The average molecular weight is 506 g/mol. The van der Waals surface area contributed by atoms with Crippen LogP contribution in [0.2, 0.25) is 0 Å². The van der Waals surface area contributed by atoms with Gasteiger partial charge in [0.05, 0.1) is 17.0 Å². The molecule has 3 aliphatic heterocycles. The quantitative estimate of drug-likeness (QED) is 0.594. The van der Waals surface area contributed by atoms with Crippen LogP contribution in [-0.4, -0.2) is 88.3 Å². The first-order chi connectivity index (χ1) is 17.8. The number of carbonyl (C=O) groups excluding carboxylic acids is 2. The zero-order valence-corrected chi connectivity index (χ0v) is 22.2. The van der Waals surface area contributed by atoms with Crippen LogP contribution in [0.3, 0.4) is 0 Å². The number of fused-ring (bicyclic) bond motifs is 1. The van der Waals surface area contributed by atoms with Gasteiger partial charge in [0.15, 0.2) is 0 Å². The van der Waals surface area contributed by atoms with Gasteiger partial charge in [0, 0.05) is 58.3 Å². The second-order valence-corrected chi connectivity index (χ2v) is 11.0. The summed E-state index contributed by atoms with van der Waals surface area (Å²) in [6.45, 7) is 11.4. The van der Waals surface area contributed by atoms with Crippen molar-refractivity contribution in [3.63, 3.8) is 0 Å². The maximum Gasteiger partial charge on any atom is 0.257 e. The Morgan fingerprint density at radius 1 is 1.00 bits per heavy atom. The van der Waals surface area contributed by atoms with Gasteiger partial charge in [-0.1, -0.05) is 30.3 Å². The van der Waals surface area contributed by atoms with Crippen molar-refractivity contribution in [2.24, 2.45) is 17.6 Å². The summed E-state index contributed by atoms with van der Waals surface area (Å²) in [6, 6.07) is 10.5. The lowest BCUT2D eigenvalue weighted by Gasteiger charge is -2.24. The maximum atomic E-state index is 13.5. The van der Waals surface area contributed by atoms with Crippen LogP contribution in [0.5, 0.6) is 0 Å². The van der Waals surface area contributed by atoms with Crippen molar-refractivity contribution < 1.29 is 9.59 Å². The summed E-state index contributed by atoms with van der Waals surface area (Å²) >= 11 is 0. The number of aryl methyl sites for hydroxylation is 2. The Balaban J connectivity index is 1.14. The summed E-state index contributed by atoms with van der Waals surface area (Å²) in [5, 5.41) is 3.36. The van der Waals surface area contributed by atoms with E-state index in [1.807, 2.05) is 41.8 Å². The molecule has 2 amide bonds. The van der Waals surface area contributed by atoms with E-state index in [9.17, 15) is 9.59 Å². The second-order valence-electron chi connectivity index (χ2n) is 11.0. The lowest BCUT2D eigenvalue weighted by atomic mass is 10.0. The van der Waals surface area contributed by atoms with Gasteiger partial charge in [-0.25, -0.2) is 9.97 Å². The largest absolute Gasteiger partial charge is 0.350 e. The summed E-state index contributed by atoms with van der Waals surface area (Å²) in [4.78, 5) is 40.7. The molecule has 1 aromatic heterocycles. The van der Waals surface area contributed by atoms with Crippen molar-refractivity contribution >= 4 is 17.8 Å². The molecule has 198 valence electrons. The first-order valence-electron chi connectivity index (χ1n) is 13.5. The molecule has 5 rings (SSSR count). The van der Waals surface area contributed by atoms with Crippen LogP contribution in [0.15, 0.2) is 30.3 Å². The summed E-state index contributed by atoms with van der Waals surface area (Å²) in [7, 11) is 0. The fourth-order valence-electron chi connectivity index (χ4n) is 6.22. The van der Waals surface area contributed by atoms with Gasteiger partial charge < -0.3 is 25.8 Å². The number of hydrogen-bond acceptors (Lipinski definition) is 7. The van der Waals surface area contributed by atoms with E-state index in [4.69, 9.17) is 5.73 Å². The van der Waals surface area contributed by atoms with E-state index < -0.39 is 0 Å². The highest BCUT2D eigenvalue weighted by Gasteiger charge is 2.42. The minimum atomic E-state index is 0.0391. The molecule has 37 heavy (non-hydrogen) atoms. The summed E-state index contributed by atoms with van der Waals surface area (Å²) in [5.74, 6) is 1.67. The summed E-state index contributed by atoms with van der Waals surface area (Å²) in [5.41, 5.74) is 9.62. The van der Waals surface area contributed by atoms with Gasteiger partial charge in [0.1, 0.15) is 0 Å². The van der Waals surface area contributed by atoms with E-state index in [-0.39, 0.29) is 23.9 Å². The molecule has 3 N–H and O–H groups in total. The number of benzene rings is 1. The Hall–Kier alpha value is -3.04. The standard InChI is InChI=1S/C28H39N7O2/c1-18-26(19(2)31-28(30-18)32-24-9-12-34(17-24)20(3)36)27(37)35-15-22-13-33(14-23(22)16-35)11-10-25(29)21-7-5-4-6-8-21/h4-8,22-25H,9-17,29H2,1-3H3,(H,30,31,32)/t22?,23?,24?,25-/m0/s1. The van der Waals surface area contributed by atoms with Crippen LogP contribution in [0, 0.1) is 25.7 Å². The number of nitrogens with one attached hydrogen (secondary N) is 1. The van der Waals surface area contributed by atoms with E-state index in [0.29, 0.717) is 41.3 Å². The average Bonchev–Trinajstić information content (AvgIpc) is 3.58. The smallest absolute Gasteiger partial charge is 0.257 e. The van der Waals surface area contributed by atoms with Crippen molar-refractivity contribution in [3.05, 3.63) is 52.8 Å². The molecule has 3 saturated heterocycles. The number of aromatic nitrogens is 2. The van der Waals surface area contributed by atoms with Gasteiger partial charge in [-0.3, -0.25) is 9.59 Å². The third-order valence-corrected chi connectivity index (χ3v) is 8.28. The molecule has 0 spiro atoms. The van der Waals surface area contributed by atoms with Crippen LogP contribution in [0.4, 0.5) is 5.95 Å². The Morgan fingerprint density at radius 3 is 2.24 bits per heavy atom. The lowest BCUT2D eigenvalue weighted by molar-refractivity contribution is -0.127. The van der Waals surface area contributed by atoms with E-state index in [0.717, 1.165) is 52.1 Å². The maximum absolute atomic E-state index is 13.5. The van der Waals surface area contributed by atoms with E-state index in [2.05, 4.69) is 32.3 Å². The van der Waals surface area contributed by atoms with Crippen molar-refractivity contribution in [2.75, 3.05) is 51.1 Å². The van der Waals surface area contributed by atoms with Crippen molar-refractivity contribution in [3.8, 4) is 0 Å². The van der Waals surface area contributed by atoms with Crippen LogP contribution >= 0.6 is 0 Å². The third-order valence-electron chi connectivity index (χ3n) is 8.28. The predicted molar refractivity (Wildman–Crippen MR) is 143 cm³/mol. The number of amides is 2. The van der Waals surface area contributed by atoms with Crippen LogP contribution in [-0.2, 0) is 4.79 Å². The highest BCUT2D eigenvalue weighted by molar-refractivity contribution is 5.96. The molecule has 9 nitrogen and oxygen atoms in total. The number of anilines is 1. The predicted octanol–water partition coefficient (Wildman–Crippen LogP) is 2.22. The molecule has 3 aliphatic rings. The van der Waals surface area contributed by atoms with E-state index in [1.54, 1.807) is 6.92 Å². The molecule has 4 atom stereocenters. The molecule has 0 saturated carbocycles. The number of nitrogens with zero attached hydrogens (tertiary/aromatic N) is 5. The molecule has 0 bridgehead atoms. The van der Waals surface area contributed by atoms with Crippen molar-refractivity contribution in [1.29, 1.82) is 0 Å². The molecule has 2 aromatic rings. The zero-order chi connectivity index (χ0) is 26.1. The monoisotopic (exact) mass is 505 g/mol. The number of hydrogen-bond donors (Lipinski definition) is 2. The molecule has 4 heterocycles. The molecule has 1 aromatic carbocycles. The first-order valence-corrected chi connectivity index (χ1v) is 13.5. The van der Waals surface area contributed by atoms with Gasteiger partial charge in [-0.05, 0) is 50.6 Å². The molecule has 9 heteroatoms. The van der Waals surface area contributed by atoms with Crippen molar-refractivity contribution in [2.45, 2.75) is 45.7 Å². The van der Waals surface area contributed by atoms with Gasteiger partial charge in [-0.15, -0.1) is 0 Å². The molecule has 0 radical (unpaired) electrons. The summed E-state index contributed by atoms with van der Waals surface area (Å²) in [6.07, 6.45) is 1.81. The normalized spacial score (nSPS) is 24.4. The van der Waals surface area contributed by atoms with Crippen LogP contribution in [0.1, 0.15) is 53.1 Å². The fourth-order valence-corrected chi connectivity index (χ4v) is 6.22. The highest BCUT2D eigenvalue weighted by atomic mass is 16.2. The van der Waals surface area contributed by atoms with Gasteiger partial charge in [-0.2, -0.15) is 0 Å². The molecule has 0 aliphatic carbocycles. The highest BCUT2D eigenvalue weighted by Crippen LogP contribution is 2.33. The molecular formula is C28H39N7O2. The van der Waals surface area contributed by atoms with E-state index >= 15 is 0 Å². The van der Waals surface area contributed by atoms with Crippen LogP contribution < -0.4 is 11.1 Å². The van der Waals surface area contributed by atoms with Gasteiger partial charge in [0.2, 0.25) is 11.9 Å². The Kier molecular flexibility index (Phi) is 7.44. The Morgan fingerprint density at radius 2 is 1.65 bits per heavy atom. The van der Waals surface area contributed by atoms with Gasteiger partial charge >= 0.3 is 0 Å². The molecule has 3 unspecified atom stereocenters. The van der Waals surface area contributed by atoms with Crippen molar-refractivity contribution in [1.82, 2.24) is 24.7 Å². The third kappa shape index (κ3) is 5.62. The lowest BCUT2D eigenvalue weighted by Crippen LogP contribution is -2.35. The van der Waals surface area contributed by atoms with E-state index in [1.165, 1.54) is 5.56 Å². The number of carbonyl (C=O) groups is 2. The fraction of sp³-hybridized carbons (Fsp3) is 0.571.